The number of benzene rings is 1. The Morgan fingerprint density at radius 1 is 1.25 bits per heavy atom. The summed E-state index contributed by atoms with van der Waals surface area (Å²) < 4.78 is 1.97. The Morgan fingerprint density at radius 3 is 2.75 bits per heavy atom. The second-order valence-electron chi connectivity index (χ2n) is 4.79. The molecule has 102 valence electrons. The van der Waals surface area contributed by atoms with Crippen molar-refractivity contribution in [2.24, 2.45) is 0 Å². The van der Waals surface area contributed by atoms with E-state index in [1.165, 1.54) is 0 Å². The predicted molar refractivity (Wildman–Crippen MR) is 75.6 cm³/mol. The largest absolute Gasteiger partial charge is 0.344 e. The normalized spacial score (nSPS) is 17.8. The molecule has 0 spiro atoms. The average Bonchev–Trinajstić information content (AvgIpc) is 3.10. The van der Waals surface area contributed by atoms with Crippen molar-refractivity contribution < 1.29 is 9.59 Å². The van der Waals surface area contributed by atoms with Crippen molar-refractivity contribution in [3.63, 3.8) is 0 Å². The van der Waals surface area contributed by atoms with Crippen LogP contribution < -0.4 is 10.6 Å². The van der Waals surface area contributed by atoms with Crippen LogP contribution in [0.3, 0.4) is 0 Å². The van der Waals surface area contributed by atoms with Gasteiger partial charge in [0.25, 0.3) is 0 Å². The second kappa shape index (κ2) is 5.21. The van der Waals surface area contributed by atoms with Gasteiger partial charge in [0.05, 0.1) is 0 Å². The van der Waals surface area contributed by atoms with Crippen LogP contribution in [0.1, 0.15) is 12.8 Å². The molecule has 3 rings (SSSR count). The van der Waals surface area contributed by atoms with E-state index < -0.39 is 6.04 Å². The lowest BCUT2D eigenvalue weighted by molar-refractivity contribution is -0.122. The molecule has 0 unspecified atom stereocenters. The monoisotopic (exact) mass is 269 g/mol. The van der Waals surface area contributed by atoms with E-state index in [0.29, 0.717) is 12.8 Å². The zero-order valence-corrected chi connectivity index (χ0v) is 10.9. The molecule has 0 radical (unpaired) electrons. The highest BCUT2D eigenvalue weighted by Gasteiger charge is 2.27. The van der Waals surface area contributed by atoms with Crippen LogP contribution in [-0.2, 0) is 9.59 Å². The highest BCUT2D eigenvalue weighted by Crippen LogP contribution is 2.16. The number of anilines is 1. The summed E-state index contributed by atoms with van der Waals surface area (Å²) in [6.45, 7) is 0. The molecule has 0 aliphatic carbocycles. The van der Waals surface area contributed by atoms with Gasteiger partial charge in [0.15, 0.2) is 0 Å². The maximum absolute atomic E-state index is 12.0. The maximum Gasteiger partial charge on any atom is 0.246 e. The quantitative estimate of drug-likeness (QED) is 0.890. The predicted octanol–water partition coefficient (Wildman–Crippen LogP) is 1.69. The molecule has 1 atom stereocenters. The van der Waals surface area contributed by atoms with Crippen molar-refractivity contribution in [3.8, 4) is 5.69 Å². The molecule has 1 fully saturated rings. The molecule has 2 aromatic rings. The average molecular weight is 269 g/mol. The standard InChI is InChI=1S/C15H15N3O2/c19-14-7-6-13(17-14)15(20)16-11-4-3-5-12(10-11)18-8-1-2-9-18/h1-5,8-10,13H,6-7H2,(H,16,20)(H,17,19)/t13-/m1/s1. The Balaban J connectivity index is 1.73. The van der Waals surface area contributed by atoms with E-state index in [1.807, 2.05) is 53.4 Å². The van der Waals surface area contributed by atoms with Crippen LogP contribution in [0.5, 0.6) is 0 Å². The summed E-state index contributed by atoms with van der Waals surface area (Å²) in [6, 6.07) is 11.1. The Morgan fingerprint density at radius 2 is 2.05 bits per heavy atom. The van der Waals surface area contributed by atoms with E-state index in [9.17, 15) is 9.59 Å². The minimum absolute atomic E-state index is 0.0637. The number of aromatic nitrogens is 1. The first-order valence-corrected chi connectivity index (χ1v) is 6.56. The number of amides is 2. The van der Waals surface area contributed by atoms with Crippen LogP contribution in [0, 0.1) is 0 Å². The zero-order valence-electron chi connectivity index (χ0n) is 10.9. The van der Waals surface area contributed by atoms with Gasteiger partial charge in [-0.15, -0.1) is 0 Å². The minimum Gasteiger partial charge on any atom is -0.344 e. The zero-order chi connectivity index (χ0) is 13.9. The lowest BCUT2D eigenvalue weighted by Gasteiger charge is -2.12. The Hall–Kier alpha value is -2.56. The number of nitrogens with zero attached hydrogens (tertiary/aromatic N) is 1. The van der Waals surface area contributed by atoms with E-state index >= 15 is 0 Å². The molecule has 2 N–H and O–H groups in total. The lowest BCUT2D eigenvalue weighted by atomic mass is 10.2. The highest BCUT2D eigenvalue weighted by molar-refractivity contribution is 5.99. The van der Waals surface area contributed by atoms with Gasteiger partial charge < -0.3 is 15.2 Å². The van der Waals surface area contributed by atoms with Gasteiger partial charge >= 0.3 is 0 Å². The molecule has 0 saturated carbocycles. The SMILES string of the molecule is O=C1CC[C@H](C(=O)Nc2cccc(-n3cccc3)c2)N1. The van der Waals surface area contributed by atoms with E-state index in [-0.39, 0.29) is 11.8 Å². The van der Waals surface area contributed by atoms with E-state index in [1.54, 1.807) is 0 Å². The van der Waals surface area contributed by atoms with Gasteiger partial charge in [0, 0.05) is 30.2 Å². The Bertz CT molecular complexity index is 634. The third-order valence-corrected chi connectivity index (χ3v) is 3.33. The molecule has 20 heavy (non-hydrogen) atoms. The molecule has 5 nitrogen and oxygen atoms in total. The number of nitrogens with one attached hydrogen (secondary N) is 2. The lowest BCUT2D eigenvalue weighted by Crippen LogP contribution is -2.37. The summed E-state index contributed by atoms with van der Waals surface area (Å²) >= 11 is 0. The summed E-state index contributed by atoms with van der Waals surface area (Å²) in [4.78, 5) is 23.2. The van der Waals surface area contributed by atoms with Crippen molar-refractivity contribution in [1.82, 2.24) is 9.88 Å². The van der Waals surface area contributed by atoms with Crippen LogP contribution in [0.2, 0.25) is 0 Å². The molecule has 1 aliphatic heterocycles. The summed E-state index contributed by atoms with van der Waals surface area (Å²) in [6.07, 6.45) is 4.86. The van der Waals surface area contributed by atoms with Crippen molar-refractivity contribution in [2.45, 2.75) is 18.9 Å². The van der Waals surface area contributed by atoms with Gasteiger partial charge in [-0.1, -0.05) is 6.07 Å². The van der Waals surface area contributed by atoms with Crippen LogP contribution >= 0.6 is 0 Å². The molecule has 0 bridgehead atoms. The minimum atomic E-state index is -0.419. The van der Waals surface area contributed by atoms with E-state index in [4.69, 9.17) is 0 Å². The molecular weight excluding hydrogens is 254 g/mol. The third kappa shape index (κ3) is 2.56. The maximum atomic E-state index is 12.0. The Labute approximate surface area is 116 Å². The summed E-state index contributed by atoms with van der Waals surface area (Å²) in [5.41, 5.74) is 1.70. The van der Waals surface area contributed by atoms with Crippen LogP contribution in [0.15, 0.2) is 48.8 Å². The number of carbonyl (C=O) groups excluding carboxylic acids is 2. The van der Waals surface area contributed by atoms with E-state index in [0.717, 1.165) is 11.4 Å². The summed E-state index contributed by atoms with van der Waals surface area (Å²) in [5, 5.41) is 5.50. The summed E-state index contributed by atoms with van der Waals surface area (Å²) in [5.74, 6) is -0.230. The first-order valence-electron chi connectivity index (χ1n) is 6.56. The summed E-state index contributed by atoms with van der Waals surface area (Å²) in [7, 11) is 0. The first-order chi connectivity index (χ1) is 9.72. The number of carbonyl (C=O) groups is 2. The van der Waals surface area contributed by atoms with Gasteiger partial charge in [-0.05, 0) is 36.8 Å². The van der Waals surface area contributed by atoms with Gasteiger partial charge in [-0.3, -0.25) is 9.59 Å². The van der Waals surface area contributed by atoms with Gasteiger partial charge in [-0.25, -0.2) is 0 Å². The van der Waals surface area contributed by atoms with Crippen LogP contribution in [-0.4, -0.2) is 22.4 Å². The number of hydrogen-bond acceptors (Lipinski definition) is 2. The number of hydrogen-bond donors (Lipinski definition) is 2. The van der Waals surface area contributed by atoms with Crippen LogP contribution in [0.4, 0.5) is 5.69 Å². The molecule has 1 aromatic carbocycles. The Kier molecular flexibility index (Phi) is 3.25. The molecule has 2 amide bonds. The van der Waals surface area contributed by atoms with E-state index in [2.05, 4.69) is 10.6 Å². The molecule has 1 aromatic heterocycles. The molecule has 5 heteroatoms. The molecule has 1 saturated heterocycles. The van der Waals surface area contributed by atoms with Crippen molar-refractivity contribution in [2.75, 3.05) is 5.32 Å². The molecule has 1 aliphatic rings. The second-order valence-corrected chi connectivity index (χ2v) is 4.79. The highest BCUT2D eigenvalue weighted by atomic mass is 16.2. The smallest absolute Gasteiger partial charge is 0.246 e. The third-order valence-electron chi connectivity index (χ3n) is 3.33. The van der Waals surface area contributed by atoms with Gasteiger partial charge in [0.1, 0.15) is 6.04 Å². The first kappa shape index (κ1) is 12.5. The molecular formula is C15H15N3O2. The fourth-order valence-electron chi connectivity index (χ4n) is 2.29. The van der Waals surface area contributed by atoms with Crippen molar-refractivity contribution in [1.29, 1.82) is 0 Å². The van der Waals surface area contributed by atoms with Gasteiger partial charge in [0.2, 0.25) is 11.8 Å². The molecule has 2 heterocycles. The van der Waals surface area contributed by atoms with Crippen molar-refractivity contribution >= 4 is 17.5 Å². The number of rotatable bonds is 3. The van der Waals surface area contributed by atoms with Crippen molar-refractivity contribution in [3.05, 3.63) is 48.8 Å². The topological polar surface area (TPSA) is 63.1 Å². The fraction of sp³-hybridized carbons (Fsp3) is 0.200. The van der Waals surface area contributed by atoms with Crippen LogP contribution in [0.25, 0.3) is 5.69 Å². The fourth-order valence-corrected chi connectivity index (χ4v) is 2.29. The van der Waals surface area contributed by atoms with Gasteiger partial charge in [-0.2, -0.15) is 0 Å².